The minimum atomic E-state index is -3.24. The van der Waals surface area contributed by atoms with Crippen molar-refractivity contribution < 1.29 is 13.2 Å². The lowest BCUT2D eigenvalue weighted by Gasteiger charge is -2.10. The van der Waals surface area contributed by atoms with E-state index in [2.05, 4.69) is 10.6 Å². The first-order valence-electron chi connectivity index (χ1n) is 5.18. The van der Waals surface area contributed by atoms with Crippen LogP contribution in [0.3, 0.4) is 0 Å². The van der Waals surface area contributed by atoms with E-state index in [1.807, 2.05) is 0 Å². The molecule has 17 heavy (non-hydrogen) atoms. The predicted molar refractivity (Wildman–Crippen MR) is 66.7 cm³/mol. The third kappa shape index (κ3) is 4.44. The van der Waals surface area contributed by atoms with Crippen molar-refractivity contribution in [2.45, 2.75) is 11.8 Å². The fourth-order valence-corrected chi connectivity index (χ4v) is 2.24. The van der Waals surface area contributed by atoms with Gasteiger partial charge in [0, 0.05) is 26.3 Å². The SMILES string of the molecule is CC(=O)NCCNc1ccccc1S(C)(=O)=O. The fourth-order valence-electron chi connectivity index (χ4n) is 1.37. The maximum absolute atomic E-state index is 11.5. The molecular weight excluding hydrogens is 240 g/mol. The lowest BCUT2D eigenvalue weighted by Crippen LogP contribution is -2.26. The zero-order chi connectivity index (χ0) is 12.9. The Bertz CT molecular complexity index is 497. The Morgan fingerprint density at radius 2 is 1.88 bits per heavy atom. The molecule has 0 aromatic heterocycles. The van der Waals surface area contributed by atoms with E-state index in [4.69, 9.17) is 0 Å². The highest BCUT2D eigenvalue weighted by molar-refractivity contribution is 7.90. The zero-order valence-electron chi connectivity index (χ0n) is 9.86. The Hall–Kier alpha value is -1.56. The van der Waals surface area contributed by atoms with Gasteiger partial charge in [0.2, 0.25) is 5.91 Å². The molecule has 0 atom stereocenters. The first-order chi connectivity index (χ1) is 7.91. The molecule has 0 aliphatic rings. The van der Waals surface area contributed by atoms with E-state index >= 15 is 0 Å². The zero-order valence-corrected chi connectivity index (χ0v) is 10.7. The van der Waals surface area contributed by atoms with Crippen LogP contribution in [0.5, 0.6) is 0 Å². The summed E-state index contributed by atoms with van der Waals surface area (Å²) >= 11 is 0. The standard InChI is InChI=1S/C11H16N2O3S/c1-9(14)12-7-8-13-10-5-3-4-6-11(10)17(2,15)16/h3-6,13H,7-8H2,1-2H3,(H,12,14). The molecular formula is C11H16N2O3S. The largest absolute Gasteiger partial charge is 0.382 e. The third-order valence-electron chi connectivity index (χ3n) is 2.10. The molecule has 1 rings (SSSR count). The van der Waals surface area contributed by atoms with Gasteiger partial charge in [-0.1, -0.05) is 12.1 Å². The molecule has 0 radical (unpaired) electrons. The monoisotopic (exact) mass is 256 g/mol. The molecule has 6 heteroatoms. The number of carbonyl (C=O) groups excluding carboxylic acids is 1. The van der Waals surface area contributed by atoms with Gasteiger partial charge < -0.3 is 10.6 Å². The van der Waals surface area contributed by atoms with E-state index in [0.29, 0.717) is 18.8 Å². The van der Waals surface area contributed by atoms with Crippen LogP contribution in [0.25, 0.3) is 0 Å². The van der Waals surface area contributed by atoms with E-state index in [-0.39, 0.29) is 10.8 Å². The first-order valence-corrected chi connectivity index (χ1v) is 7.08. The van der Waals surface area contributed by atoms with Crippen molar-refractivity contribution in [3.8, 4) is 0 Å². The summed E-state index contributed by atoms with van der Waals surface area (Å²) < 4.78 is 23.0. The number of amides is 1. The van der Waals surface area contributed by atoms with E-state index in [9.17, 15) is 13.2 Å². The van der Waals surface area contributed by atoms with Crippen LogP contribution >= 0.6 is 0 Å². The molecule has 0 spiro atoms. The molecule has 0 unspecified atom stereocenters. The van der Waals surface area contributed by atoms with Crippen molar-refractivity contribution in [3.05, 3.63) is 24.3 Å². The Kier molecular flexibility index (Phi) is 4.51. The summed E-state index contributed by atoms with van der Waals surface area (Å²) in [4.78, 5) is 10.9. The number of benzene rings is 1. The second-order valence-corrected chi connectivity index (χ2v) is 5.66. The average molecular weight is 256 g/mol. The van der Waals surface area contributed by atoms with E-state index < -0.39 is 9.84 Å². The predicted octanol–water partition coefficient (Wildman–Crippen LogP) is 0.638. The quantitative estimate of drug-likeness (QED) is 0.758. The molecule has 0 aliphatic heterocycles. The van der Waals surface area contributed by atoms with Crippen molar-refractivity contribution in [1.82, 2.24) is 5.32 Å². The summed E-state index contributed by atoms with van der Waals surface area (Å²) in [6.07, 6.45) is 1.17. The van der Waals surface area contributed by atoms with Crippen molar-refractivity contribution in [2.24, 2.45) is 0 Å². The molecule has 0 saturated heterocycles. The van der Waals surface area contributed by atoms with Crippen LogP contribution in [-0.2, 0) is 14.6 Å². The number of para-hydroxylation sites is 1. The van der Waals surface area contributed by atoms with Crippen LogP contribution < -0.4 is 10.6 Å². The van der Waals surface area contributed by atoms with Crippen molar-refractivity contribution in [2.75, 3.05) is 24.7 Å². The van der Waals surface area contributed by atoms with Gasteiger partial charge in [0.05, 0.1) is 10.6 Å². The molecule has 0 aliphatic carbocycles. The Morgan fingerprint density at radius 3 is 2.47 bits per heavy atom. The summed E-state index contributed by atoms with van der Waals surface area (Å²) in [7, 11) is -3.24. The molecule has 0 bridgehead atoms. The molecule has 1 amide bonds. The second-order valence-electron chi connectivity index (χ2n) is 3.68. The number of nitrogens with one attached hydrogen (secondary N) is 2. The number of hydrogen-bond acceptors (Lipinski definition) is 4. The van der Waals surface area contributed by atoms with E-state index in [1.54, 1.807) is 24.3 Å². The molecule has 0 fully saturated rings. The van der Waals surface area contributed by atoms with Gasteiger partial charge in [-0.2, -0.15) is 0 Å². The molecule has 1 aromatic carbocycles. The second kappa shape index (κ2) is 5.67. The summed E-state index contributed by atoms with van der Waals surface area (Å²) in [6.45, 7) is 2.37. The van der Waals surface area contributed by atoms with Crippen molar-refractivity contribution in [1.29, 1.82) is 0 Å². The minimum absolute atomic E-state index is 0.108. The van der Waals surface area contributed by atoms with Crippen LogP contribution in [0, 0.1) is 0 Å². The van der Waals surface area contributed by atoms with Gasteiger partial charge in [-0.15, -0.1) is 0 Å². The Morgan fingerprint density at radius 1 is 1.24 bits per heavy atom. The summed E-state index contributed by atoms with van der Waals surface area (Å²) in [5.74, 6) is -0.108. The highest BCUT2D eigenvalue weighted by Crippen LogP contribution is 2.19. The van der Waals surface area contributed by atoms with Crippen LogP contribution in [0.1, 0.15) is 6.92 Å². The number of carbonyl (C=O) groups is 1. The smallest absolute Gasteiger partial charge is 0.216 e. The van der Waals surface area contributed by atoms with Crippen LogP contribution in [-0.4, -0.2) is 33.7 Å². The van der Waals surface area contributed by atoms with Crippen molar-refractivity contribution in [3.63, 3.8) is 0 Å². The summed E-state index contributed by atoms with van der Waals surface area (Å²) in [6, 6.07) is 6.69. The van der Waals surface area contributed by atoms with Gasteiger partial charge in [-0.05, 0) is 12.1 Å². The third-order valence-corrected chi connectivity index (χ3v) is 3.26. The van der Waals surface area contributed by atoms with Gasteiger partial charge in [0.15, 0.2) is 9.84 Å². The average Bonchev–Trinajstić information content (AvgIpc) is 2.23. The number of rotatable bonds is 5. The van der Waals surface area contributed by atoms with Gasteiger partial charge in [0.25, 0.3) is 0 Å². The number of anilines is 1. The molecule has 94 valence electrons. The normalized spacial score (nSPS) is 10.9. The van der Waals surface area contributed by atoms with Crippen LogP contribution in [0.2, 0.25) is 0 Å². The Balaban J connectivity index is 2.68. The maximum Gasteiger partial charge on any atom is 0.216 e. The Labute approximate surface area is 101 Å². The lowest BCUT2D eigenvalue weighted by atomic mass is 10.3. The molecule has 1 aromatic rings. The molecule has 0 heterocycles. The van der Waals surface area contributed by atoms with Crippen LogP contribution in [0.4, 0.5) is 5.69 Å². The van der Waals surface area contributed by atoms with Gasteiger partial charge in [-0.3, -0.25) is 4.79 Å². The summed E-state index contributed by atoms with van der Waals surface area (Å²) in [5, 5.41) is 5.60. The van der Waals surface area contributed by atoms with Gasteiger partial charge in [-0.25, -0.2) is 8.42 Å². The molecule has 5 nitrogen and oxygen atoms in total. The fraction of sp³-hybridized carbons (Fsp3) is 0.364. The van der Waals surface area contributed by atoms with E-state index in [1.165, 1.54) is 13.2 Å². The summed E-state index contributed by atoms with van der Waals surface area (Å²) in [5.41, 5.74) is 0.556. The topological polar surface area (TPSA) is 75.3 Å². The first kappa shape index (κ1) is 13.5. The minimum Gasteiger partial charge on any atom is -0.382 e. The lowest BCUT2D eigenvalue weighted by molar-refractivity contribution is -0.118. The van der Waals surface area contributed by atoms with Crippen molar-refractivity contribution >= 4 is 21.4 Å². The van der Waals surface area contributed by atoms with Gasteiger partial charge >= 0.3 is 0 Å². The van der Waals surface area contributed by atoms with E-state index in [0.717, 1.165) is 0 Å². The number of sulfone groups is 1. The molecule has 0 saturated carbocycles. The molecule has 2 N–H and O–H groups in total. The van der Waals surface area contributed by atoms with Crippen LogP contribution in [0.15, 0.2) is 29.2 Å². The highest BCUT2D eigenvalue weighted by Gasteiger charge is 2.11. The number of hydrogen-bond donors (Lipinski definition) is 2. The maximum atomic E-state index is 11.5. The highest BCUT2D eigenvalue weighted by atomic mass is 32.2. The van der Waals surface area contributed by atoms with Gasteiger partial charge in [0.1, 0.15) is 0 Å².